The molecule has 10 heteroatoms. The number of carbonyl (C=O) groups excluding carboxylic acids is 3. The van der Waals surface area contributed by atoms with Crippen LogP contribution in [0.15, 0.2) is 41.8 Å². The minimum absolute atomic E-state index is 0.0698. The third-order valence-electron chi connectivity index (χ3n) is 5.42. The summed E-state index contributed by atoms with van der Waals surface area (Å²) in [5.74, 6) is -1.32. The Hall–Kier alpha value is -3.79. The van der Waals surface area contributed by atoms with Crippen molar-refractivity contribution in [2.24, 2.45) is 5.92 Å². The number of thiazole rings is 1. The fourth-order valence-electron chi connectivity index (χ4n) is 3.79. The Bertz CT molecular complexity index is 1280. The lowest BCUT2D eigenvalue weighted by Crippen LogP contribution is -2.28. The van der Waals surface area contributed by atoms with Crippen molar-refractivity contribution in [2.45, 2.75) is 20.3 Å². The SMILES string of the molecule is COc1ccc(C)cc1N1CC(C(=O)Nc2nc(-c3ccc(NC(C)=O)cc3F)cs2)CC1=O. The number of aromatic nitrogens is 1. The average Bonchev–Trinajstić information content (AvgIpc) is 3.40. The van der Waals surface area contributed by atoms with Crippen molar-refractivity contribution in [3.8, 4) is 17.0 Å². The standard InChI is InChI=1S/C24H23FN4O4S/c1-13-4-7-21(33-3)20(8-13)29-11-15(9-22(29)31)23(32)28-24-27-19(12-34-24)17-6-5-16(10-18(17)25)26-14(2)30/h4-8,10,12,15H,9,11H2,1-3H3,(H,26,30)(H,27,28,32). The van der Waals surface area contributed by atoms with E-state index in [0.29, 0.717) is 27.9 Å². The molecule has 1 fully saturated rings. The summed E-state index contributed by atoms with van der Waals surface area (Å²) >= 11 is 1.16. The van der Waals surface area contributed by atoms with Gasteiger partial charge >= 0.3 is 0 Å². The molecule has 2 N–H and O–H groups in total. The van der Waals surface area contributed by atoms with Crippen LogP contribution in [0.2, 0.25) is 0 Å². The molecule has 0 aliphatic carbocycles. The number of carbonyl (C=O) groups is 3. The zero-order valence-corrected chi connectivity index (χ0v) is 19.7. The van der Waals surface area contributed by atoms with E-state index in [0.717, 1.165) is 16.9 Å². The molecule has 8 nitrogen and oxygen atoms in total. The summed E-state index contributed by atoms with van der Waals surface area (Å²) in [4.78, 5) is 42.5. The van der Waals surface area contributed by atoms with Crippen molar-refractivity contribution in [1.29, 1.82) is 0 Å². The van der Waals surface area contributed by atoms with Gasteiger partial charge in [-0.2, -0.15) is 0 Å². The highest BCUT2D eigenvalue weighted by molar-refractivity contribution is 7.14. The lowest BCUT2D eigenvalue weighted by molar-refractivity contribution is -0.122. The smallest absolute Gasteiger partial charge is 0.231 e. The van der Waals surface area contributed by atoms with Gasteiger partial charge in [-0.3, -0.25) is 14.4 Å². The van der Waals surface area contributed by atoms with Gasteiger partial charge in [-0.25, -0.2) is 9.37 Å². The van der Waals surface area contributed by atoms with E-state index in [4.69, 9.17) is 4.74 Å². The number of anilines is 3. The molecule has 0 saturated carbocycles. The third-order valence-corrected chi connectivity index (χ3v) is 6.18. The van der Waals surface area contributed by atoms with Crippen molar-refractivity contribution < 1.29 is 23.5 Å². The van der Waals surface area contributed by atoms with E-state index in [1.54, 1.807) is 22.4 Å². The van der Waals surface area contributed by atoms with Gasteiger partial charge in [0.1, 0.15) is 11.6 Å². The Kier molecular flexibility index (Phi) is 6.60. The first-order chi connectivity index (χ1) is 16.2. The van der Waals surface area contributed by atoms with Crippen LogP contribution in [0.4, 0.5) is 20.9 Å². The van der Waals surface area contributed by atoms with Gasteiger partial charge in [-0.05, 0) is 42.8 Å². The molecule has 0 spiro atoms. The number of nitrogens with one attached hydrogen (secondary N) is 2. The van der Waals surface area contributed by atoms with Crippen molar-refractivity contribution >= 4 is 45.6 Å². The second-order valence-corrected chi connectivity index (χ2v) is 8.84. The molecule has 176 valence electrons. The van der Waals surface area contributed by atoms with E-state index in [2.05, 4.69) is 15.6 Å². The molecule has 3 aromatic rings. The van der Waals surface area contributed by atoms with Crippen LogP contribution in [-0.2, 0) is 14.4 Å². The average molecular weight is 483 g/mol. The molecule has 2 heterocycles. The fraction of sp³-hybridized carbons (Fsp3) is 0.250. The van der Waals surface area contributed by atoms with Crippen molar-refractivity contribution in [2.75, 3.05) is 29.2 Å². The molecular weight excluding hydrogens is 459 g/mol. The summed E-state index contributed by atoms with van der Waals surface area (Å²) < 4.78 is 19.9. The van der Waals surface area contributed by atoms with E-state index in [1.807, 2.05) is 19.1 Å². The summed E-state index contributed by atoms with van der Waals surface area (Å²) in [7, 11) is 1.54. The van der Waals surface area contributed by atoms with Crippen molar-refractivity contribution in [3.05, 3.63) is 53.2 Å². The predicted molar refractivity (Wildman–Crippen MR) is 129 cm³/mol. The Balaban J connectivity index is 1.45. The topological polar surface area (TPSA) is 101 Å². The molecular formula is C24H23FN4O4S. The molecule has 1 atom stereocenters. The lowest BCUT2D eigenvalue weighted by atomic mass is 10.1. The van der Waals surface area contributed by atoms with Gasteiger partial charge in [-0.15, -0.1) is 11.3 Å². The van der Waals surface area contributed by atoms with Gasteiger partial charge < -0.3 is 20.3 Å². The maximum Gasteiger partial charge on any atom is 0.231 e. The number of nitrogens with zero attached hydrogens (tertiary/aromatic N) is 2. The first kappa shape index (κ1) is 23.4. The van der Waals surface area contributed by atoms with Gasteiger partial charge in [-0.1, -0.05) is 6.07 Å². The molecule has 1 aliphatic rings. The number of methoxy groups -OCH3 is 1. The summed E-state index contributed by atoms with van der Waals surface area (Å²) in [5, 5.41) is 7.21. The largest absolute Gasteiger partial charge is 0.495 e. The maximum atomic E-state index is 14.5. The number of amides is 3. The molecule has 2 aromatic carbocycles. The number of benzene rings is 2. The highest BCUT2D eigenvalue weighted by Gasteiger charge is 2.36. The Labute approximate surface area is 199 Å². The highest BCUT2D eigenvalue weighted by atomic mass is 32.1. The summed E-state index contributed by atoms with van der Waals surface area (Å²) in [6, 6.07) is 9.86. The van der Waals surface area contributed by atoms with Gasteiger partial charge in [0.2, 0.25) is 17.7 Å². The van der Waals surface area contributed by atoms with Gasteiger partial charge in [0.15, 0.2) is 5.13 Å². The lowest BCUT2D eigenvalue weighted by Gasteiger charge is -2.20. The van der Waals surface area contributed by atoms with Crippen molar-refractivity contribution in [1.82, 2.24) is 4.98 Å². The minimum Gasteiger partial charge on any atom is -0.495 e. The molecule has 1 saturated heterocycles. The van der Waals surface area contributed by atoms with Gasteiger partial charge in [0.25, 0.3) is 0 Å². The molecule has 1 aromatic heterocycles. The molecule has 1 aliphatic heterocycles. The van der Waals surface area contributed by atoms with E-state index >= 15 is 0 Å². The monoisotopic (exact) mass is 482 g/mol. The van der Waals surface area contributed by atoms with Crippen LogP contribution in [0.5, 0.6) is 5.75 Å². The number of aryl methyl sites for hydroxylation is 1. The normalized spacial score (nSPS) is 15.4. The zero-order chi connectivity index (χ0) is 24.4. The number of hydrogen-bond acceptors (Lipinski definition) is 6. The molecule has 0 radical (unpaired) electrons. The number of ether oxygens (including phenoxy) is 1. The maximum absolute atomic E-state index is 14.5. The fourth-order valence-corrected chi connectivity index (χ4v) is 4.51. The Morgan fingerprint density at radius 3 is 2.71 bits per heavy atom. The Morgan fingerprint density at radius 2 is 2.00 bits per heavy atom. The predicted octanol–water partition coefficient (Wildman–Crippen LogP) is 4.22. The quantitative estimate of drug-likeness (QED) is 0.548. The van der Waals surface area contributed by atoms with Gasteiger partial charge in [0, 0.05) is 36.5 Å². The van der Waals surface area contributed by atoms with E-state index < -0.39 is 11.7 Å². The Morgan fingerprint density at radius 1 is 1.21 bits per heavy atom. The van der Waals surface area contributed by atoms with Crippen LogP contribution in [-0.4, -0.2) is 36.4 Å². The van der Waals surface area contributed by atoms with Crippen molar-refractivity contribution in [3.63, 3.8) is 0 Å². The van der Waals surface area contributed by atoms with E-state index in [9.17, 15) is 18.8 Å². The summed E-state index contributed by atoms with van der Waals surface area (Å²) in [6.07, 6.45) is 0.0698. The first-order valence-electron chi connectivity index (χ1n) is 10.5. The van der Waals surface area contributed by atoms with Crippen LogP contribution in [0, 0.1) is 18.7 Å². The second-order valence-electron chi connectivity index (χ2n) is 7.98. The molecule has 1 unspecified atom stereocenters. The molecule has 0 bridgehead atoms. The molecule has 34 heavy (non-hydrogen) atoms. The number of halogens is 1. The number of hydrogen-bond donors (Lipinski definition) is 2. The van der Waals surface area contributed by atoms with Gasteiger partial charge in [0.05, 0.1) is 24.4 Å². The van der Waals surface area contributed by atoms with Crippen LogP contribution in [0.3, 0.4) is 0 Å². The summed E-state index contributed by atoms with van der Waals surface area (Å²) in [6.45, 7) is 3.49. The third kappa shape index (κ3) is 4.91. The minimum atomic E-state index is -0.557. The highest BCUT2D eigenvalue weighted by Crippen LogP contribution is 2.35. The second kappa shape index (κ2) is 9.60. The van der Waals surface area contributed by atoms with Crippen LogP contribution < -0.4 is 20.3 Å². The molecule has 4 rings (SSSR count). The zero-order valence-electron chi connectivity index (χ0n) is 18.8. The van der Waals surface area contributed by atoms with Crippen LogP contribution in [0.25, 0.3) is 11.3 Å². The first-order valence-corrected chi connectivity index (χ1v) is 11.4. The van der Waals surface area contributed by atoms with Crippen LogP contribution in [0.1, 0.15) is 18.9 Å². The summed E-state index contributed by atoms with van der Waals surface area (Å²) in [5.41, 5.74) is 2.57. The molecule has 3 amide bonds. The van der Waals surface area contributed by atoms with Crippen LogP contribution >= 0.6 is 11.3 Å². The van der Waals surface area contributed by atoms with E-state index in [-0.39, 0.29) is 36.3 Å². The van der Waals surface area contributed by atoms with E-state index in [1.165, 1.54) is 26.2 Å². The number of rotatable bonds is 6.